The predicted molar refractivity (Wildman–Crippen MR) is 61.2 cm³/mol. The standard InChI is InChI=1S/C13H18O4/c1-13(2,3)17-12(16)10-8-5-4-7(6-8)9(10)11(14)15/h4-5,7-10H,6H2,1-3H3,(H,14,15). The lowest BCUT2D eigenvalue weighted by molar-refractivity contribution is -0.167. The van der Waals surface area contributed by atoms with E-state index >= 15 is 0 Å². The Balaban J connectivity index is 2.17. The number of fused-ring (bicyclic) bond motifs is 2. The molecule has 0 spiro atoms. The maximum atomic E-state index is 12.0. The summed E-state index contributed by atoms with van der Waals surface area (Å²) in [6, 6.07) is 0. The molecule has 4 unspecified atom stereocenters. The van der Waals surface area contributed by atoms with Crippen molar-refractivity contribution in [3.05, 3.63) is 12.2 Å². The van der Waals surface area contributed by atoms with Crippen molar-refractivity contribution in [1.29, 1.82) is 0 Å². The molecule has 0 amide bonds. The minimum atomic E-state index is -0.891. The fourth-order valence-electron chi connectivity index (χ4n) is 2.85. The zero-order valence-corrected chi connectivity index (χ0v) is 10.3. The van der Waals surface area contributed by atoms with Gasteiger partial charge >= 0.3 is 11.9 Å². The highest BCUT2D eigenvalue weighted by Gasteiger charge is 2.52. The van der Waals surface area contributed by atoms with E-state index in [0.29, 0.717) is 0 Å². The molecule has 2 aliphatic carbocycles. The normalized spacial score (nSPS) is 35.0. The van der Waals surface area contributed by atoms with Crippen LogP contribution in [0.5, 0.6) is 0 Å². The lowest BCUT2D eigenvalue weighted by Crippen LogP contribution is -2.37. The molecule has 2 aliphatic rings. The molecule has 2 bridgehead atoms. The van der Waals surface area contributed by atoms with Crippen LogP contribution in [0.2, 0.25) is 0 Å². The highest BCUT2D eigenvalue weighted by Crippen LogP contribution is 2.48. The molecule has 1 fully saturated rings. The first-order valence-electron chi connectivity index (χ1n) is 5.93. The lowest BCUT2D eigenvalue weighted by Gasteiger charge is -2.27. The molecule has 1 N–H and O–H groups in total. The number of carboxylic acids is 1. The predicted octanol–water partition coefficient (Wildman–Crippen LogP) is 1.85. The van der Waals surface area contributed by atoms with Gasteiger partial charge in [0, 0.05) is 0 Å². The molecule has 2 rings (SSSR count). The highest BCUT2D eigenvalue weighted by atomic mass is 16.6. The average molecular weight is 238 g/mol. The molecule has 0 aromatic carbocycles. The van der Waals surface area contributed by atoms with Crippen LogP contribution < -0.4 is 0 Å². The van der Waals surface area contributed by atoms with Crippen molar-refractivity contribution in [3.63, 3.8) is 0 Å². The van der Waals surface area contributed by atoms with Crippen LogP contribution in [-0.2, 0) is 14.3 Å². The van der Waals surface area contributed by atoms with Gasteiger partial charge in [-0.2, -0.15) is 0 Å². The van der Waals surface area contributed by atoms with Crippen molar-refractivity contribution in [1.82, 2.24) is 0 Å². The topological polar surface area (TPSA) is 63.6 Å². The zero-order chi connectivity index (χ0) is 12.8. The summed E-state index contributed by atoms with van der Waals surface area (Å²) >= 11 is 0. The van der Waals surface area contributed by atoms with Gasteiger partial charge in [-0.15, -0.1) is 0 Å². The third-order valence-corrected chi connectivity index (χ3v) is 3.42. The van der Waals surface area contributed by atoms with Gasteiger partial charge in [-0.25, -0.2) is 0 Å². The quantitative estimate of drug-likeness (QED) is 0.589. The fourth-order valence-corrected chi connectivity index (χ4v) is 2.85. The summed E-state index contributed by atoms with van der Waals surface area (Å²) in [4.78, 5) is 23.3. The number of carbonyl (C=O) groups is 2. The maximum absolute atomic E-state index is 12.0. The number of ether oxygens (including phenoxy) is 1. The number of hydrogen-bond acceptors (Lipinski definition) is 3. The van der Waals surface area contributed by atoms with Crippen LogP contribution in [0.4, 0.5) is 0 Å². The summed E-state index contributed by atoms with van der Waals surface area (Å²) in [5, 5.41) is 9.21. The Labute approximate surface area is 101 Å². The van der Waals surface area contributed by atoms with Crippen molar-refractivity contribution in [3.8, 4) is 0 Å². The van der Waals surface area contributed by atoms with Gasteiger partial charge < -0.3 is 9.84 Å². The molecule has 1 saturated carbocycles. The van der Waals surface area contributed by atoms with E-state index < -0.39 is 23.4 Å². The lowest BCUT2D eigenvalue weighted by atomic mass is 9.83. The molecule has 4 atom stereocenters. The number of esters is 1. The van der Waals surface area contributed by atoms with Gasteiger partial charge in [-0.3, -0.25) is 9.59 Å². The van der Waals surface area contributed by atoms with Crippen LogP contribution in [0.15, 0.2) is 12.2 Å². The first-order chi connectivity index (χ1) is 7.79. The Hall–Kier alpha value is -1.32. The van der Waals surface area contributed by atoms with Gasteiger partial charge in [0.25, 0.3) is 0 Å². The van der Waals surface area contributed by atoms with E-state index in [4.69, 9.17) is 4.74 Å². The summed E-state index contributed by atoms with van der Waals surface area (Å²) in [5.74, 6) is -2.35. The summed E-state index contributed by atoms with van der Waals surface area (Å²) in [7, 11) is 0. The van der Waals surface area contributed by atoms with Crippen molar-refractivity contribution in [2.24, 2.45) is 23.7 Å². The Morgan fingerprint density at radius 2 is 1.71 bits per heavy atom. The Bertz CT molecular complexity index is 377. The van der Waals surface area contributed by atoms with E-state index in [0.717, 1.165) is 6.42 Å². The third-order valence-electron chi connectivity index (χ3n) is 3.42. The summed E-state index contributed by atoms with van der Waals surface area (Å²) in [5.41, 5.74) is -0.564. The largest absolute Gasteiger partial charge is 0.481 e. The second kappa shape index (κ2) is 3.86. The number of allylic oxidation sites excluding steroid dienone is 2. The average Bonchev–Trinajstić information content (AvgIpc) is 2.72. The van der Waals surface area contributed by atoms with Crippen LogP contribution in [0.1, 0.15) is 27.2 Å². The number of carbonyl (C=O) groups excluding carboxylic acids is 1. The van der Waals surface area contributed by atoms with Crippen molar-refractivity contribution in [2.45, 2.75) is 32.8 Å². The molecule has 4 heteroatoms. The summed E-state index contributed by atoms with van der Waals surface area (Å²) in [6.07, 6.45) is 4.64. The highest BCUT2D eigenvalue weighted by molar-refractivity contribution is 5.83. The molecule has 17 heavy (non-hydrogen) atoms. The SMILES string of the molecule is CC(C)(C)OC(=O)C1C2C=CC(C2)C1C(=O)O. The monoisotopic (exact) mass is 238 g/mol. The molecule has 94 valence electrons. The van der Waals surface area contributed by atoms with E-state index in [2.05, 4.69) is 0 Å². The van der Waals surface area contributed by atoms with Gasteiger partial charge in [0.2, 0.25) is 0 Å². The van der Waals surface area contributed by atoms with Crippen LogP contribution in [0.3, 0.4) is 0 Å². The third kappa shape index (κ3) is 2.21. The van der Waals surface area contributed by atoms with Crippen molar-refractivity contribution < 1.29 is 19.4 Å². The first-order valence-corrected chi connectivity index (χ1v) is 5.93. The second-order valence-corrected chi connectivity index (χ2v) is 5.87. The van der Waals surface area contributed by atoms with Crippen LogP contribution >= 0.6 is 0 Å². The smallest absolute Gasteiger partial charge is 0.310 e. The van der Waals surface area contributed by atoms with E-state index in [9.17, 15) is 14.7 Å². The molecule has 0 aromatic heterocycles. The molecule has 0 aliphatic heterocycles. The zero-order valence-electron chi connectivity index (χ0n) is 10.3. The van der Waals surface area contributed by atoms with Crippen LogP contribution in [0.25, 0.3) is 0 Å². The van der Waals surface area contributed by atoms with E-state index in [-0.39, 0.29) is 17.8 Å². The number of aliphatic carboxylic acids is 1. The van der Waals surface area contributed by atoms with Crippen molar-refractivity contribution in [2.75, 3.05) is 0 Å². The number of hydrogen-bond donors (Lipinski definition) is 1. The van der Waals surface area contributed by atoms with Gasteiger partial charge in [0.15, 0.2) is 0 Å². The van der Waals surface area contributed by atoms with Crippen molar-refractivity contribution >= 4 is 11.9 Å². The Morgan fingerprint density at radius 1 is 1.18 bits per heavy atom. The summed E-state index contributed by atoms with van der Waals surface area (Å²) < 4.78 is 5.32. The molecule has 0 radical (unpaired) electrons. The maximum Gasteiger partial charge on any atom is 0.310 e. The minimum Gasteiger partial charge on any atom is -0.481 e. The Kier molecular flexibility index (Phi) is 2.76. The minimum absolute atomic E-state index is 0.00461. The van der Waals surface area contributed by atoms with Gasteiger partial charge in [-0.05, 0) is 39.0 Å². The van der Waals surface area contributed by atoms with E-state index in [1.165, 1.54) is 0 Å². The van der Waals surface area contributed by atoms with E-state index in [1.54, 1.807) is 20.8 Å². The van der Waals surface area contributed by atoms with Gasteiger partial charge in [0.05, 0.1) is 11.8 Å². The second-order valence-electron chi connectivity index (χ2n) is 5.87. The number of rotatable bonds is 2. The van der Waals surface area contributed by atoms with Crippen LogP contribution in [-0.4, -0.2) is 22.6 Å². The molecule has 0 aromatic rings. The molecule has 0 heterocycles. The molecular weight excluding hydrogens is 220 g/mol. The fraction of sp³-hybridized carbons (Fsp3) is 0.692. The first kappa shape index (κ1) is 12.1. The van der Waals surface area contributed by atoms with Gasteiger partial charge in [-0.1, -0.05) is 12.2 Å². The Morgan fingerprint density at radius 3 is 2.18 bits per heavy atom. The van der Waals surface area contributed by atoms with E-state index in [1.807, 2.05) is 12.2 Å². The molecular formula is C13H18O4. The molecule has 0 saturated heterocycles. The number of carboxylic acid groups (broad SMARTS) is 1. The van der Waals surface area contributed by atoms with Gasteiger partial charge in [0.1, 0.15) is 5.60 Å². The van der Waals surface area contributed by atoms with Crippen LogP contribution in [0, 0.1) is 23.7 Å². The summed E-state index contributed by atoms with van der Waals surface area (Å²) in [6.45, 7) is 5.39. The molecule has 4 nitrogen and oxygen atoms in total.